The van der Waals surface area contributed by atoms with E-state index in [0.29, 0.717) is 5.56 Å². The number of carbonyl (C=O) groups is 1. The van der Waals surface area contributed by atoms with Crippen LogP contribution in [-0.4, -0.2) is 42.3 Å². The molecule has 2 saturated heterocycles. The number of sulfone groups is 1. The number of fused-ring (bicyclic) bond motifs is 1. The summed E-state index contributed by atoms with van der Waals surface area (Å²) in [4.78, 5) is 18.0. The van der Waals surface area contributed by atoms with Crippen molar-refractivity contribution in [2.24, 2.45) is 4.99 Å². The predicted molar refractivity (Wildman–Crippen MR) is 101 cm³/mol. The zero-order valence-corrected chi connectivity index (χ0v) is 15.5. The second-order valence-electron chi connectivity index (χ2n) is 6.33. The van der Waals surface area contributed by atoms with Crippen molar-refractivity contribution in [3.8, 4) is 0 Å². The van der Waals surface area contributed by atoms with Gasteiger partial charge in [0.25, 0.3) is 5.91 Å². The molecule has 5 nitrogen and oxygen atoms in total. The maximum absolute atomic E-state index is 14.4. The van der Waals surface area contributed by atoms with E-state index in [-0.39, 0.29) is 27.6 Å². The first-order valence-electron chi connectivity index (χ1n) is 8.13. The van der Waals surface area contributed by atoms with Gasteiger partial charge in [0.2, 0.25) is 0 Å². The zero-order valence-electron chi connectivity index (χ0n) is 13.9. The van der Waals surface area contributed by atoms with Gasteiger partial charge in [-0.25, -0.2) is 17.2 Å². The SMILES string of the molecule is O=C(N=C1SC2CS(=O)(=O)CC2N1c1ccc(F)cc1F)c1ccccc1. The highest BCUT2D eigenvalue weighted by Gasteiger charge is 2.50. The van der Waals surface area contributed by atoms with Gasteiger partial charge >= 0.3 is 0 Å². The van der Waals surface area contributed by atoms with E-state index >= 15 is 0 Å². The second-order valence-corrected chi connectivity index (χ2v) is 9.69. The molecule has 9 heteroatoms. The third-order valence-electron chi connectivity index (χ3n) is 4.45. The summed E-state index contributed by atoms with van der Waals surface area (Å²) in [6.07, 6.45) is 0. The van der Waals surface area contributed by atoms with Gasteiger partial charge in [-0.2, -0.15) is 4.99 Å². The highest BCUT2D eigenvalue weighted by molar-refractivity contribution is 8.16. The van der Waals surface area contributed by atoms with Gasteiger partial charge in [-0.1, -0.05) is 30.0 Å². The molecule has 0 N–H and O–H groups in total. The van der Waals surface area contributed by atoms with Crippen LogP contribution in [0.2, 0.25) is 0 Å². The molecule has 2 aromatic carbocycles. The Bertz CT molecular complexity index is 1040. The van der Waals surface area contributed by atoms with Crippen molar-refractivity contribution in [3.05, 3.63) is 65.7 Å². The van der Waals surface area contributed by atoms with Crippen molar-refractivity contribution >= 4 is 38.4 Å². The number of benzene rings is 2. The van der Waals surface area contributed by atoms with Gasteiger partial charge in [-0.3, -0.25) is 4.79 Å². The highest BCUT2D eigenvalue weighted by Crippen LogP contribution is 2.41. The van der Waals surface area contributed by atoms with E-state index in [1.165, 1.54) is 11.0 Å². The monoisotopic (exact) mass is 408 g/mol. The Morgan fingerprint density at radius 3 is 2.56 bits per heavy atom. The Morgan fingerprint density at radius 1 is 1.11 bits per heavy atom. The van der Waals surface area contributed by atoms with E-state index in [1.807, 2.05) is 0 Å². The first-order chi connectivity index (χ1) is 12.8. The average molecular weight is 408 g/mol. The molecule has 0 aromatic heterocycles. The number of rotatable bonds is 2. The molecule has 0 aliphatic carbocycles. The second kappa shape index (κ2) is 6.72. The fraction of sp³-hybridized carbons (Fsp3) is 0.222. The Hall–Kier alpha value is -2.26. The van der Waals surface area contributed by atoms with Gasteiger partial charge in [-0.15, -0.1) is 0 Å². The summed E-state index contributed by atoms with van der Waals surface area (Å²) in [5, 5.41) is -0.138. The van der Waals surface area contributed by atoms with Crippen molar-refractivity contribution in [2.45, 2.75) is 11.3 Å². The molecule has 1 amide bonds. The molecule has 27 heavy (non-hydrogen) atoms. The van der Waals surface area contributed by atoms with Crippen LogP contribution in [0, 0.1) is 11.6 Å². The normalized spacial score (nSPS) is 25.0. The van der Waals surface area contributed by atoms with Crippen LogP contribution in [0.4, 0.5) is 14.5 Å². The topological polar surface area (TPSA) is 66.8 Å². The number of halogens is 2. The number of hydrogen-bond donors (Lipinski definition) is 0. The molecule has 2 heterocycles. The molecule has 4 rings (SSSR count). The summed E-state index contributed by atoms with van der Waals surface area (Å²) in [6.45, 7) is 0. The summed E-state index contributed by atoms with van der Waals surface area (Å²) in [6, 6.07) is 10.9. The van der Waals surface area contributed by atoms with Gasteiger partial charge in [0.05, 0.1) is 23.2 Å². The number of aliphatic imine (C=N–C) groups is 1. The van der Waals surface area contributed by atoms with E-state index in [4.69, 9.17) is 0 Å². The van der Waals surface area contributed by atoms with Gasteiger partial charge < -0.3 is 4.90 Å². The minimum absolute atomic E-state index is 0.00751. The lowest BCUT2D eigenvalue weighted by Crippen LogP contribution is -2.38. The van der Waals surface area contributed by atoms with Gasteiger partial charge in [0.15, 0.2) is 15.0 Å². The smallest absolute Gasteiger partial charge is 0.279 e. The summed E-state index contributed by atoms with van der Waals surface area (Å²) >= 11 is 1.14. The van der Waals surface area contributed by atoms with E-state index in [0.717, 1.165) is 23.9 Å². The Labute approximate surface area is 159 Å². The molecule has 2 aliphatic rings. The van der Waals surface area contributed by atoms with Crippen LogP contribution < -0.4 is 4.90 Å². The first-order valence-corrected chi connectivity index (χ1v) is 10.8. The maximum atomic E-state index is 14.4. The summed E-state index contributed by atoms with van der Waals surface area (Å²) in [5.41, 5.74) is 0.378. The minimum Gasteiger partial charge on any atom is -0.313 e. The standard InChI is InChI=1S/C18H14F2N2O3S2/c19-12-6-7-14(13(20)8-12)22-15-9-27(24,25)10-16(15)26-18(22)21-17(23)11-4-2-1-3-5-11/h1-8,15-16H,9-10H2. The number of thioether (sulfide) groups is 1. The van der Waals surface area contributed by atoms with E-state index in [2.05, 4.69) is 4.99 Å². The van der Waals surface area contributed by atoms with E-state index in [9.17, 15) is 22.0 Å². The van der Waals surface area contributed by atoms with Crippen LogP contribution >= 0.6 is 11.8 Å². The summed E-state index contributed by atoms with van der Waals surface area (Å²) in [7, 11) is -3.27. The molecular formula is C18H14F2N2O3S2. The molecular weight excluding hydrogens is 394 g/mol. The van der Waals surface area contributed by atoms with Gasteiger partial charge in [0, 0.05) is 16.9 Å². The molecule has 2 aromatic rings. The highest BCUT2D eigenvalue weighted by atomic mass is 32.2. The summed E-state index contributed by atoms with van der Waals surface area (Å²) in [5.74, 6) is -2.31. The zero-order chi connectivity index (χ0) is 19.2. The maximum Gasteiger partial charge on any atom is 0.279 e. The average Bonchev–Trinajstić information content (AvgIpc) is 3.07. The Balaban J connectivity index is 1.76. The van der Waals surface area contributed by atoms with Gasteiger partial charge in [-0.05, 0) is 24.3 Å². The van der Waals surface area contributed by atoms with Crippen molar-refractivity contribution < 1.29 is 22.0 Å². The van der Waals surface area contributed by atoms with Crippen LogP contribution in [-0.2, 0) is 9.84 Å². The third-order valence-corrected chi connectivity index (χ3v) is 7.66. The number of amidine groups is 1. The van der Waals surface area contributed by atoms with Crippen LogP contribution in [0.5, 0.6) is 0 Å². The fourth-order valence-corrected chi connectivity index (χ4v) is 7.16. The first kappa shape index (κ1) is 18.1. The van der Waals surface area contributed by atoms with E-state index < -0.39 is 33.4 Å². The van der Waals surface area contributed by atoms with Crippen LogP contribution in [0.1, 0.15) is 10.4 Å². The molecule has 2 fully saturated rings. The van der Waals surface area contributed by atoms with Crippen molar-refractivity contribution in [1.82, 2.24) is 0 Å². The van der Waals surface area contributed by atoms with Crippen LogP contribution in [0.3, 0.4) is 0 Å². The number of hydrogen-bond acceptors (Lipinski definition) is 4. The van der Waals surface area contributed by atoms with Crippen molar-refractivity contribution in [1.29, 1.82) is 0 Å². The number of anilines is 1. The van der Waals surface area contributed by atoms with Gasteiger partial charge in [0.1, 0.15) is 11.6 Å². The molecule has 2 unspecified atom stereocenters. The van der Waals surface area contributed by atoms with Crippen LogP contribution in [0.25, 0.3) is 0 Å². The lowest BCUT2D eigenvalue weighted by Gasteiger charge is -2.24. The molecule has 0 radical (unpaired) electrons. The number of nitrogens with zero attached hydrogens (tertiary/aromatic N) is 2. The van der Waals surface area contributed by atoms with Crippen LogP contribution in [0.15, 0.2) is 53.5 Å². The largest absolute Gasteiger partial charge is 0.313 e. The molecule has 2 aliphatic heterocycles. The fourth-order valence-electron chi connectivity index (χ4n) is 3.25. The number of amides is 1. The molecule has 2 atom stereocenters. The lowest BCUT2D eigenvalue weighted by molar-refractivity contribution is 0.100. The number of carbonyl (C=O) groups excluding carboxylic acids is 1. The van der Waals surface area contributed by atoms with E-state index in [1.54, 1.807) is 30.3 Å². The quantitative estimate of drug-likeness (QED) is 0.765. The molecule has 0 saturated carbocycles. The van der Waals surface area contributed by atoms with Crippen molar-refractivity contribution in [2.75, 3.05) is 16.4 Å². The molecule has 0 bridgehead atoms. The lowest BCUT2D eigenvalue weighted by atomic mass is 10.2. The minimum atomic E-state index is -3.27. The Kier molecular flexibility index (Phi) is 4.51. The molecule has 140 valence electrons. The summed E-state index contributed by atoms with van der Waals surface area (Å²) < 4.78 is 51.7. The predicted octanol–water partition coefficient (Wildman–Crippen LogP) is 2.88. The van der Waals surface area contributed by atoms with Crippen molar-refractivity contribution in [3.63, 3.8) is 0 Å². The Morgan fingerprint density at radius 2 is 1.85 bits per heavy atom. The third kappa shape index (κ3) is 3.49. The molecule has 0 spiro atoms.